The Kier molecular flexibility index (Phi) is 11.4. The summed E-state index contributed by atoms with van der Waals surface area (Å²) in [4.78, 5) is 7.52. The van der Waals surface area contributed by atoms with Crippen molar-refractivity contribution in [2.24, 2.45) is 5.73 Å². The molecule has 252 valence electrons. The van der Waals surface area contributed by atoms with Gasteiger partial charge in [0.25, 0.3) is 10.0 Å². The Labute approximate surface area is 283 Å². The van der Waals surface area contributed by atoms with Gasteiger partial charge in [0.15, 0.2) is 11.5 Å². The zero-order chi connectivity index (χ0) is 34.1. The van der Waals surface area contributed by atoms with Crippen molar-refractivity contribution in [2.45, 2.75) is 38.1 Å². The molecule has 4 aromatic carbocycles. The van der Waals surface area contributed by atoms with Crippen LogP contribution in [0.15, 0.2) is 102 Å². The lowest BCUT2D eigenvalue weighted by molar-refractivity contribution is 0.279. The quantitative estimate of drug-likeness (QED) is 0.0958. The molecule has 0 saturated carbocycles. The summed E-state index contributed by atoms with van der Waals surface area (Å²) in [5.41, 5.74) is 9.60. The molecule has 0 atom stereocenters. The molecule has 0 aliphatic carbocycles. The largest absolute Gasteiger partial charge is 0.493 e. The summed E-state index contributed by atoms with van der Waals surface area (Å²) in [7, 11) is -2.21. The molecule has 0 fully saturated rings. The summed E-state index contributed by atoms with van der Waals surface area (Å²) < 4.78 is 43.3. The van der Waals surface area contributed by atoms with Crippen molar-refractivity contribution in [1.29, 1.82) is 5.41 Å². The van der Waals surface area contributed by atoms with E-state index in [4.69, 9.17) is 25.6 Å². The van der Waals surface area contributed by atoms with Gasteiger partial charge in [-0.05, 0) is 67.5 Å². The second-order valence-corrected chi connectivity index (χ2v) is 13.2. The third-order valence-electron chi connectivity index (χ3n) is 8.49. The summed E-state index contributed by atoms with van der Waals surface area (Å²) in [6.07, 6.45) is 1.37. The molecule has 5 aromatic rings. The predicted molar refractivity (Wildman–Crippen MR) is 192 cm³/mol. The Balaban J connectivity index is 1.49. The number of hydrogen-bond donors (Lipinski definition) is 2. The Morgan fingerprint density at radius 3 is 2.23 bits per heavy atom. The molecule has 1 aromatic heterocycles. The molecule has 0 spiro atoms. The van der Waals surface area contributed by atoms with Crippen LogP contribution >= 0.6 is 0 Å². The molecule has 3 N–H and O–H groups in total. The van der Waals surface area contributed by atoms with Crippen LogP contribution < -0.4 is 19.5 Å². The summed E-state index contributed by atoms with van der Waals surface area (Å²) in [6.45, 7) is 7.63. The molecular formula is C37H44N6O4S. The van der Waals surface area contributed by atoms with Gasteiger partial charge in [0.05, 0.1) is 35.3 Å². The van der Waals surface area contributed by atoms with E-state index < -0.39 is 10.0 Å². The first-order chi connectivity index (χ1) is 23.2. The van der Waals surface area contributed by atoms with Crippen molar-refractivity contribution in [2.75, 3.05) is 44.2 Å². The zero-order valence-corrected chi connectivity index (χ0v) is 28.6. The first kappa shape index (κ1) is 34.5. The van der Waals surface area contributed by atoms with E-state index in [-0.39, 0.29) is 10.7 Å². The smallest absolute Gasteiger partial charge is 0.264 e. The van der Waals surface area contributed by atoms with Gasteiger partial charge < -0.3 is 24.7 Å². The third-order valence-corrected chi connectivity index (χ3v) is 10.3. The van der Waals surface area contributed by atoms with E-state index in [0.29, 0.717) is 60.9 Å². The average Bonchev–Trinajstić information content (AvgIpc) is 3.46. The first-order valence-corrected chi connectivity index (χ1v) is 17.7. The minimum Gasteiger partial charge on any atom is -0.493 e. The number of fused-ring (bicyclic) bond motifs is 1. The first-order valence-electron chi connectivity index (χ1n) is 16.2. The number of aryl methyl sites for hydroxylation is 2. The van der Waals surface area contributed by atoms with E-state index in [2.05, 4.69) is 23.3 Å². The number of hydrogen-bond acceptors (Lipinski definition) is 7. The molecule has 0 aliphatic heterocycles. The lowest BCUT2D eigenvalue weighted by Crippen LogP contribution is -2.38. The van der Waals surface area contributed by atoms with Crippen LogP contribution in [0.4, 0.5) is 5.69 Å². The highest BCUT2D eigenvalue weighted by atomic mass is 32.2. The van der Waals surface area contributed by atoms with Crippen molar-refractivity contribution < 1.29 is 17.9 Å². The molecule has 48 heavy (non-hydrogen) atoms. The minimum absolute atomic E-state index is 0.0367. The van der Waals surface area contributed by atoms with Crippen LogP contribution in [0.3, 0.4) is 0 Å². The Hall–Kier alpha value is -4.87. The predicted octanol–water partition coefficient (Wildman–Crippen LogP) is 5.73. The van der Waals surface area contributed by atoms with E-state index >= 15 is 0 Å². The molecule has 1 heterocycles. The van der Waals surface area contributed by atoms with Crippen molar-refractivity contribution in [3.05, 3.63) is 114 Å². The lowest BCUT2D eigenvalue weighted by atomic mass is 10.1. The van der Waals surface area contributed by atoms with E-state index in [1.54, 1.807) is 31.4 Å². The van der Waals surface area contributed by atoms with Gasteiger partial charge in [0.1, 0.15) is 18.3 Å². The number of amidine groups is 1. The molecule has 0 saturated heterocycles. The van der Waals surface area contributed by atoms with Crippen LogP contribution in [0.25, 0.3) is 11.0 Å². The number of nitrogens with two attached hydrogens (primary N) is 1. The molecule has 0 unspecified atom stereocenters. The van der Waals surface area contributed by atoms with Gasteiger partial charge in [0.2, 0.25) is 0 Å². The number of benzene rings is 4. The molecule has 0 bridgehead atoms. The zero-order valence-electron chi connectivity index (χ0n) is 27.8. The van der Waals surface area contributed by atoms with Crippen LogP contribution in [0.1, 0.15) is 30.8 Å². The summed E-state index contributed by atoms with van der Waals surface area (Å²) in [5.74, 6) is 2.22. The van der Waals surface area contributed by atoms with Crippen LogP contribution in [-0.4, -0.2) is 68.6 Å². The van der Waals surface area contributed by atoms with E-state index in [1.165, 1.54) is 4.31 Å². The highest BCUT2D eigenvalue weighted by Crippen LogP contribution is 2.29. The van der Waals surface area contributed by atoms with Gasteiger partial charge in [-0.2, -0.15) is 0 Å². The number of methoxy groups -OCH3 is 1. The van der Waals surface area contributed by atoms with Gasteiger partial charge in [0, 0.05) is 25.1 Å². The molecule has 0 amide bonds. The van der Waals surface area contributed by atoms with Gasteiger partial charge in [-0.3, -0.25) is 9.71 Å². The van der Waals surface area contributed by atoms with Crippen molar-refractivity contribution in [3.8, 4) is 11.5 Å². The van der Waals surface area contributed by atoms with Crippen LogP contribution in [0.2, 0.25) is 0 Å². The van der Waals surface area contributed by atoms with Crippen molar-refractivity contribution in [3.63, 3.8) is 0 Å². The number of nitrogens with one attached hydrogen (secondary N) is 1. The van der Waals surface area contributed by atoms with Gasteiger partial charge in [-0.15, -0.1) is 0 Å². The molecule has 10 nitrogen and oxygen atoms in total. The fourth-order valence-electron chi connectivity index (χ4n) is 5.74. The number of imidazole rings is 1. The maximum atomic E-state index is 14.0. The number of nitrogen functional groups attached to an aromatic ring is 1. The van der Waals surface area contributed by atoms with Crippen LogP contribution in [0.5, 0.6) is 11.5 Å². The molecule has 11 heteroatoms. The van der Waals surface area contributed by atoms with E-state index in [0.717, 1.165) is 36.4 Å². The number of para-hydroxylation sites is 2. The highest BCUT2D eigenvalue weighted by molar-refractivity contribution is 7.92. The monoisotopic (exact) mass is 668 g/mol. The normalized spacial score (nSPS) is 11.6. The molecule has 0 radical (unpaired) electrons. The van der Waals surface area contributed by atoms with E-state index in [1.807, 2.05) is 72.8 Å². The molecule has 0 aliphatic rings. The minimum atomic E-state index is -3.83. The van der Waals surface area contributed by atoms with Crippen LogP contribution in [-0.2, 0) is 29.4 Å². The topological polar surface area (TPSA) is 127 Å². The maximum absolute atomic E-state index is 14.0. The Bertz CT molecular complexity index is 1920. The standard InChI is InChI=1S/C37H44N6O4S/c1-4-41(5-2)23-24-43(48(44,45)31-11-7-6-8-12-31)30-20-21-33-32(27-30)40-36(22-17-28-15-18-29(19-16-28)37(38)39)42(33)25-26-47-35-14-10-9-13-34(35)46-3/h6-16,18-21,27H,4-5,17,22-26H2,1-3H3,(H3,38,39). The lowest BCUT2D eigenvalue weighted by Gasteiger charge is -2.27. The Morgan fingerprint density at radius 2 is 1.56 bits per heavy atom. The highest BCUT2D eigenvalue weighted by Gasteiger charge is 2.26. The number of ether oxygens (including phenoxy) is 2. The average molecular weight is 669 g/mol. The second-order valence-electron chi connectivity index (χ2n) is 11.4. The SMILES string of the molecule is CCN(CC)CCN(c1ccc2c(c1)nc(CCc1ccc(C(=N)N)cc1)n2CCOc1ccccc1OC)S(=O)(=O)c1ccccc1. The summed E-state index contributed by atoms with van der Waals surface area (Å²) in [5, 5.41) is 7.69. The number of rotatable bonds is 17. The number of anilines is 1. The van der Waals surface area contributed by atoms with Crippen molar-refractivity contribution in [1.82, 2.24) is 14.5 Å². The maximum Gasteiger partial charge on any atom is 0.264 e. The number of sulfonamides is 1. The number of likely N-dealkylation sites (N-methyl/N-ethyl adjacent to an activating group) is 1. The van der Waals surface area contributed by atoms with Crippen LogP contribution in [0, 0.1) is 5.41 Å². The fourth-order valence-corrected chi connectivity index (χ4v) is 7.20. The van der Waals surface area contributed by atoms with E-state index in [9.17, 15) is 8.42 Å². The van der Waals surface area contributed by atoms with Crippen molar-refractivity contribution >= 4 is 32.6 Å². The number of aromatic nitrogens is 2. The summed E-state index contributed by atoms with van der Waals surface area (Å²) in [6, 6.07) is 29.5. The second kappa shape index (κ2) is 15.8. The third kappa shape index (κ3) is 7.98. The Morgan fingerprint density at radius 1 is 0.875 bits per heavy atom. The summed E-state index contributed by atoms with van der Waals surface area (Å²) >= 11 is 0. The van der Waals surface area contributed by atoms with Gasteiger partial charge in [-0.25, -0.2) is 13.4 Å². The fraction of sp³-hybridized carbons (Fsp3) is 0.297. The van der Waals surface area contributed by atoms with Gasteiger partial charge in [-0.1, -0.05) is 68.4 Å². The van der Waals surface area contributed by atoms with Gasteiger partial charge >= 0.3 is 0 Å². The molecule has 5 rings (SSSR count). The molecular weight excluding hydrogens is 625 g/mol. The number of nitrogens with zero attached hydrogens (tertiary/aromatic N) is 4.